The molecule has 84 valence electrons. The van der Waals surface area contributed by atoms with E-state index in [-0.39, 0.29) is 0 Å². The van der Waals surface area contributed by atoms with Crippen LogP contribution in [0.1, 0.15) is 28.8 Å². The van der Waals surface area contributed by atoms with Gasteiger partial charge in [-0.05, 0) is 55.0 Å². The minimum Gasteiger partial charge on any atom is -0.192 e. The number of nitriles is 1. The Morgan fingerprint density at radius 2 is 2.00 bits per heavy atom. The normalized spacial score (nSPS) is 14.1. The maximum Gasteiger partial charge on any atom is 0.0991 e. The Bertz CT molecular complexity index is 566. The Balaban J connectivity index is 2.03. The smallest absolute Gasteiger partial charge is 0.0991 e. The Kier molecular flexibility index (Phi) is 2.70. The Morgan fingerprint density at radius 1 is 1.12 bits per heavy atom. The summed E-state index contributed by atoms with van der Waals surface area (Å²) in [4.78, 5) is 2.86. The SMILES string of the molecule is N#Cc1cccc(-c2cc3c(s2)CCCC3)c1. The van der Waals surface area contributed by atoms with Crippen LogP contribution in [0.3, 0.4) is 0 Å². The average molecular weight is 239 g/mol. The van der Waals surface area contributed by atoms with Crippen molar-refractivity contribution >= 4 is 11.3 Å². The predicted octanol–water partition coefficient (Wildman–Crippen LogP) is 4.17. The molecule has 3 rings (SSSR count). The van der Waals surface area contributed by atoms with Gasteiger partial charge in [0, 0.05) is 9.75 Å². The molecule has 2 aromatic rings. The van der Waals surface area contributed by atoms with E-state index in [1.54, 1.807) is 4.88 Å². The summed E-state index contributed by atoms with van der Waals surface area (Å²) in [7, 11) is 0. The van der Waals surface area contributed by atoms with Crippen molar-refractivity contribution in [2.75, 3.05) is 0 Å². The van der Waals surface area contributed by atoms with Gasteiger partial charge in [0.1, 0.15) is 0 Å². The van der Waals surface area contributed by atoms with Crippen LogP contribution in [0.4, 0.5) is 0 Å². The van der Waals surface area contributed by atoms with Gasteiger partial charge in [-0.1, -0.05) is 12.1 Å². The van der Waals surface area contributed by atoms with E-state index in [2.05, 4.69) is 18.2 Å². The lowest BCUT2D eigenvalue weighted by atomic mass is 9.98. The van der Waals surface area contributed by atoms with Crippen LogP contribution >= 0.6 is 11.3 Å². The van der Waals surface area contributed by atoms with Gasteiger partial charge in [-0.2, -0.15) is 5.26 Å². The first-order valence-corrected chi connectivity index (χ1v) is 6.80. The molecule has 0 radical (unpaired) electrons. The van der Waals surface area contributed by atoms with Crippen LogP contribution in [0.2, 0.25) is 0 Å². The molecule has 1 aromatic heterocycles. The molecule has 0 atom stereocenters. The van der Waals surface area contributed by atoms with E-state index >= 15 is 0 Å². The highest BCUT2D eigenvalue weighted by Gasteiger charge is 2.14. The van der Waals surface area contributed by atoms with E-state index in [9.17, 15) is 0 Å². The van der Waals surface area contributed by atoms with Gasteiger partial charge in [-0.15, -0.1) is 11.3 Å². The van der Waals surface area contributed by atoms with Crippen molar-refractivity contribution in [1.82, 2.24) is 0 Å². The molecule has 0 saturated carbocycles. The molecule has 1 aliphatic rings. The predicted molar refractivity (Wildman–Crippen MR) is 71.1 cm³/mol. The lowest BCUT2D eigenvalue weighted by molar-refractivity contribution is 0.697. The average Bonchev–Trinajstić information content (AvgIpc) is 2.82. The molecule has 0 bridgehead atoms. The molecule has 0 fully saturated rings. The second kappa shape index (κ2) is 4.35. The van der Waals surface area contributed by atoms with E-state index in [4.69, 9.17) is 5.26 Å². The minimum atomic E-state index is 0.744. The van der Waals surface area contributed by atoms with Crippen molar-refractivity contribution in [3.05, 3.63) is 46.3 Å². The van der Waals surface area contributed by atoms with Crippen LogP contribution in [-0.4, -0.2) is 0 Å². The van der Waals surface area contributed by atoms with E-state index in [0.717, 1.165) is 5.56 Å². The molecule has 0 saturated heterocycles. The van der Waals surface area contributed by atoms with Crippen molar-refractivity contribution in [2.45, 2.75) is 25.7 Å². The summed E-state index contributed by atoms with van der Waals surface area (Å²) in [6, 6.07) is 12.4. The Morgan fingerprint density at radius 3 is 2.82 bits per heavy atom. The molecule has 1 heterocycles. The van der Waals surface area contributed by atoms with Gasteiger partial charge in [0.2, 0.25) is 0 Å². The Labute approximate surface area is 105 Å². The van der Waals surface area contributed by atoms with Gasteiger partial charge < -0.3 is 0 Å². The zero-order chi connectivity index (χ0) is 11.7. The summed E-state index contributed by atoms with van der Waals surface area (Å²) in [5, 5.41) is 8.92. The number of aryl methyl sites for hydroxylation is 2. The van der Waals surface area contributed by atoms with Gasteiger partial charge in [-0.25, -0.2) is 0 Å². The molecular formula is C15H13NS. The van der Waals surface area contributed by atoms with E-state index < -0.39 is 0 Å². The second-order valence-electron chi connectivity index (χ2n) is 4.46. The lowest BCUT2D eigenvalue weighted by Crippen LogP contribution is -1.96. The van der Waals surface area contributed by atoms with Crippen LogP contribution in [0.15, 0.2) is 30.3 Å². The summed E-state index contributed by atoms with van der Waals surface area (Å²) in [5.41, 5.74) is 3.45. The first kappa shape index (κ1) is 10.6. The van der Waals surface area contributed by atoms with Crippen molar-refractivity contribution in [1.29, 1.82) is 5.26 Å². The van der Waals surface area contributed by atoms with Crippen molar-refractivity contribution in [3.63, 3.8) is 0 Å². The monoisotopic (exact) mass is 239 g/mol. The molecule has 0 amide bonds. The first-order valence-electron chi connectivity index (χ1n) is 5.99. The van der Waals surface area contributed by atoms with Gasteiger partial charge in [0.25, 0.3) is 0 Å². The Hall–Kier alpha value is -1.59. The van der Waals surface area contributed by atoms with Gasteiger partial charge >= 0.3 is 0 Å². The largest absolute Gasteiger partial charge is 0.192 e. The van der Waals surface area contributed by atoms with Crippen molar-refractivity contribution in [2.24, 2.45) is 0 Å². The fourth-order valence-electron chi connectivity index (χ4n) is 2.37. The third-order valence-electron chi connectivity index (χ3n) is 3.27. The number of rotatable bonds is 1. The quantitative estimate of drug-likeness (QED) is 0.733. The van der Waals surface area contributed by atoms with E-state index in [1.807, 2.05) is 29.5 Å². The number of thiophene rings is 1. The van der Waals surface area contributed by atoms with Gasteiger partial charge in [0.05, 0.1) is 11.6 Å². The van der Waals surface area contributed by atoms with Crippen LogP contribution in [0, 0.1) is 11.3 Å². The first-order chi connectivity index (χ1) is 8.36. The van der Waals surface area contributed by atoms with E-state index in [1.165, 1.54) is 41.7 Å². The molecule has 1 aromatic carbocycles. The minimum absolute atomic E-state index is 0.744. The molecule has 2 heteroatoms. The van der Waals surface area contributed by atoms with Crippen molar-refractivity contribution in [3.8, 4) is 16.5 Å². The maximum absolute atomic E-state index is 8.92. The van der Waals surface area contributed by atoms with Crippen LogP contribution in [0.5, 0.6) is 0 Å². The topological polar surface area (TPSA) is 23.8 Å². The molecule has 0 spiro atoms. The summed E-state index contributed by atoms with van der Waals surface area (Å²) in [6.45, 7) is 0. The standard InChI is InChI=1S/C15H13NS/c16-10-11-4-3-6-12(8-11)15-9-13-5-1-2-7-14(13)17-15/h3-4,6,8-9H,1-2,5,7H2. The number of nitrogens with zero attached hydrogens (tertiary/aromatic N) is 1. The number of hydrogen-bond donors (Lipinski definition) is 0. The third kappa shape index (κ3) is 1.99. The van der Waals surface area contributed by atoms with Gasteiger partial charge in [-0.3, -0.25) is 0 Å². The number of benzene rings is 1. The van der Waals surface area contributed by atoms with Crippen LogP contribution < -0.4 is 0 Å². The highest BCUT2D eigenvalue weighted by molar-refractivity contribution is 7.15. The molecule has 0 unspecified atom stereocenters. The molecular weight excluding hydrogens is 226 g/mol. The molecule has 0 aliphatic heterocycles. The number of hydrogen-bond acceptors (Lipinski definition) is 2. The highest BCUT2D eigenvalue weighted by Crippen LogP contribution is 2.35. The van der Waals surface area contributed by atoms with Crippen molar-refractivity contribution < 1.29 is 0 Å². The fraction of sp³-hybridized carbons (Fsp3) is 0.267. The van der Waals surface area contributed by atoms with E-state index in [0.29, 0.717) is 0 Å². The van der Waals surface area contributed by atoms with Crippen LogP contribution in [0.25, 0.3) is 10.4 Å². The second-order valence-corrected chi connectivity index (χ2v) is 5.60. The molecule has 17 heavy (non-hydrogen) atoms. The molecule has 0 N–H and O–H groups in total. The number of fused-ring (bicyclic) bond motifs is 1. The maximum atomic E-state index is 8.92. The summed E-state index contributed by atoms with van der Waals surface area (Å²) in [5.74, 6) is 0. The molecule has 1 nitrogen and oxygen atoms in total. The fourth-order valence-corrected chi connectivity index (χ4v) is 3.62. The van der Waals surface area contributed by atoms with Crippen LogP contribution in [-0.2, 0) is 12.8 Å². The summed E-state index contributed by atoms with van der Waals surface area (Å²) in [6.07, 6.45) is 5.11. The lowest BCUT2D eigenvalue weighted by Gasteiger charge is -2.08. The zero-order valence-electron chi connectivity index (χ0n) is 9.57. The zero-order valence-corrected chi connectivity index (χ0v) is 10.4. The summed E-state index contributed by atoms with van der Waals surface area (Å²) >= 11 is 1.90. The highest BCUT2D eigenvalue weighted by atomic mass is 32.1. The summed E-state index contributed by atoms with van der Waals surface area (Å²) < 4.78 is 0. The van der Waals surface area contributed by atoms with Gasteiger partial charge in [0.15, 0.2) is 0 Å². The third-order valence-corrected chi connectivity index (χ3v) is 4.56. The molecule has 1 aliphatic carbocycles.